The van der Waals surface area contributed by atoms with E-state index in [0.717, 1.165) is 44.3 Å². The third-order valence-corrected chi connectivity index (χ3v) is 3.54. The fourth-order valence-corrected chi connectivity index (χ4v) is 2.13. The van der Waals surface area contributed by atoms with E-state index in [1.807, 2.05) is 18.2 Å². The van der Waals surface area contributed by atoms with Crippen LogP contribution in [-0.4, -0.2) is 45.4 Å². The molecular weight excluding hydrogens is 288 g/mol. The van der Waals surface area contributed by atoms with Crippen LogP contribution >= 0.6 is 0 Å². The van der Waals surface area contributed by atoms with Crippen molar-refractivity contribution in [3.8, 4) is 0 Å². The fourth-order valence-electron chi connectivity index (χ4n) is 2.13. The van der Waals surface area contributed by atoms with Crippen molar-refractivity contribution in [3.05, 3.63) is 30.3 Å². The van der Waals surface area contributed by atoms with Crippen molar-refractivity contribution < 1.29 is 4.74 Å². The average molecular weight is 320 g/mol. The molecule has 5 heteroatoms. The first-order valence-electron chi connectivity index (χ1n) is 8.50. The zero-order chi connectivity index (χ0) is 16.9. The lowest BCUT2D eigenvalue weighted by molar-refractivity contribution is 0.195. The second-order valence-corrected chi connectivity index (χ2v) is 5.85. The summed E-state index contributed by atoms with van der Waals surface area (Å²) >= 11 is 0. The maximum absolute atomic E-state index is 5.07. The zero-order valence-corrected chi connectivity index (χ0v) is 14.9. The number of ether oxygens (including phenoxy) is 1. The van der Waals surface area contributed by atoms with Gasteiger partial charge in [-0.25, -0.2) is 0 Å². The third kappa shape index (κ3) is 8.45. The minimum atomic E-state index is 0.298. The van der Waals surface area contributed by atoms with Crippen molar-refractivity contribution in [2.45, 2.75) is 33.2 Å². The van der Waals surface area contributed by atoms with Crippen LogP contribution in [0.4, 0.5) is 5.69 Å². The monoisotopic (exact) mass is 320 g/mol. The molecule has 1 atom stereocenters. The van der Waals surface area contributed by atoms with Gasteiger partial charge in [-0.05, 0) is 31.4 Å². The maximum Gasteiger partial charge on any atom is 0.191 e. The van der Waals surface area contributed by atoms with Crippen LogP contribution < -0.4 is 16.0 Å². The lowest BCUT2D eigenvalue weighted by atomic mass is 10.0. The molecule has 23 heavy (non-hydrogen) atoms. The Balaban J connectivity index is 2.57. The summed E-state index contributed by atoms with van der Waals surface area (Å²) in [5.74, 6) is 1.36. The number of benzene rings is 1. The second-order valence-electron chi connectivity index (χ2n) is 5.85. The van der Waals surface area contributed by atoms with Gasteiger partial charge in [0, 0.05) is 38.5 Å². The number of nitrogens with zero attached hydrogens (tertiary/aromatic N) is 1. The van der Waals surface area contributed by atoms with Gasteiger partial charge in [-0.3, -0.25) is 4.99 Å². The zero-order valence-electron chi connectivity index (χ0n) is 14.9. The standard InChI is InChI=1S/C18H32N4O/c1-5-19-18(20-12-9-13-23-4)21-14-17(15(2)3)22-16-10-7-6-8-11-16/h6-8,10-11,15,17,22H,5,9,12-14H2,1-4H3,(H2,19,20,21). The Morgan fingerprint density at radius 2 is 1.91 bits per heavy atom. The summed E-state index contributed by atoms with van der Waals surface area (Å²) in [4.78, 5) is 4.72. The van der Waals surface area contributed by atoms with Crippen molar-refractivity contribution >= 4 is 11.6 Å². The highest BCUT2D eigenvalue weighted by atomic mass is 16.5. The van der Waals surface area contributed by atoms with Gasteiger partial charge >= 0.3 is 0 Å². The molecule has 0 aliphatic rings. The Bertz CT molecular complexity index is 434. The predicted molar refractivity (Wildman–Crippen MR) is 99.2 cm³/mol. The molecule has 0 heterocycles. The molecule has 0 amide bonds. The molecule has 0 saturated carbocycles. The van der Waals surface area contributed by atoms with Gasteiger partial charge in [-0.2, -0.15) is 0 Å². The number of methoxy groups -OCH3 is 1. The Labute approximate surface area is 140 Å². The molecule has 0 bridgehead atoms. The summed E-state index contributed by atoms with van der Waals surface area (Å²) in [5, 5.41) is 10.2. The van der Waals surface area contributed by atoms with E-state index in [4.69, 9.17) is 9.73 Å². The number of hydrogen-bond acceptors (Lipinski definition) is 3. The third-order valence-electron chi connectivity index (χ3n) is 3.54. The summed E-state index contributed by atoms with van der Waals surface area (Å²) in [6, 6.07) is 10.6. The lowest BCUT2D eigenvalue weighted by Gasteiger charge is -2.22. The molecule has 0 aliphatic heterocycles. The van der Waals surface area contributed by atoms with Crippen LogP contribution in [0.3, 0.4) is 0 Å². The number of para-hydroxylation sites is 1. The van der Waals surface area contributed by atoms with E-state index in [1.54, 1.807) is 7.11 Å². The minimum Gasteiger partial charge on any atom is -0.385 e. The first kappa shape index (κ1) is 19.3. The Morgan fingerprint density at radius 3 is 2.52 bits per heavy atom. The van der Waals surface area contributed by atoms with Crippen LogP contribution in [0.5, 0.6) is 0 Å². The van der Waals surface area contributed by atoms with Crippen molar-refractivity contribution in [1.82, 2.24) is 10.6 Å². The maximum atomic E-state index is 5.07. The predicted octanol–water partition coefficient (Wildman–Crippen LogP) is 2.71. The van der Waals surface area contributed by atoms with Gasteiger partial charge in [0.05, 0.1) is 6.54 Å². The average Bonchev–Trinajstić information content (AvgIpc) is 2.55. The van der Waals surface area contributed by atoms with Crippen LogP contribution in [0.25, 0.3) is 0 Å². The van der Waals surface area contributed by atoms with Crippen molar-refractivity contribution in [2.75, 3.05) is 38.7 Å². The highest BCUT2D eigenvalue weighted by Gasteiger charge is 2.13. The Morgan fingerprint density at radius 1 is 1.17 bits per heavy atom. The van der Waals surface area contributed by atoms with Crippen LogP contribution in [0.2, 0.25) is 0 Å². The molecule has 0 aliphatic carbocycles. The molecular formula is C18H32N4O. The van der Waals surface area contributed by atoms with Crippen molar-refractivity contribution in [3.63, 3.8) is 0 Å². The van der Waals surface area contributed by atoms with Gasteiger partial charge < -0.3 is 20.7 Å². The lowest BCUT2D eigenvalue weighted by Crippen LogP contribution is -2.39. The summed E-state index contributed by atoms with van der Waals surface area (Å²) < 4.78 is 5.07. The van der Waals surface area contributed by atoms with E-state index in [9.17, 15) is 0 Å². The van der Waals surface area contributed by atoms with Gasteiger partial charge in [-0.15, -0.1) is 0 Å². The Kier molecular flexibility index (Phi) is 9.87. The van der Waals surface area contributed by atoms with Crippen LogP contribution in [0.1, 0.15) is 27.2 Å². The SMILES string of the molecule is CCNC(=NCC(Nc1ccccc1)C(C)C)NCCCOC. The van der Waals surface area contributed by atoms with Crippen molar-refractivity contribution in [1.29, 1.82) is 0 Å². The summed E-state index contributed by atoms with van der Waals surface area (Å²) in [6.07, 6.45) is 0.969. The molecule has 0 radical (unpaired) electrons. The van der Waals surface area contributed by atoms with Crippen LogP contribution in [-0.2, 0) is 4.74 Å². The number of rotatable bonds is 10. The normalized spacial score (nSPS) is 13.0. The highest BCUT2D eigenvalue weighted by Crippen LogP contribution is 2.12. The van der Waals surface area contributed by atoms with Gasteiger partial charge in [0.25, 0.3) is 0 Å². The molecule has 1 aromatic rings. The number of aliphatic imine (C=N–C) groups is 1. The molecule has 1 rings (SSSR count). The first-order chi connectivity index (χ1) is 11.2. The summed E-state index contributed by atoms with van der Waals surface area (Å²) in [7, 11) is 1.72. The van der Waals surface area contributed by atoms with Crippen molar-refractivity contribution in [2.24, 2.45) is 10.9 Å². The smallest absolute Gasteiger partial charge is 0.191 e. The fraction of sp³-hybridized carbons (Fsp3) is 0.611. The van der Waals surface area contributed by atoms with E-state index >= 15 is 0 Å². The molecule has 5 nitrogen and oxygen atoms in total. The molecule has 1 unspecified atom stereocenters. The molecule has 0 fully saturated rings. The van der Waals surface area contributed by atoms with E-state index in [1.165, 1.54) is 0 Å². The molecule has 0 spiro atoms. The number of nitrogens with one attached hydrogen (secondary N) is 3. The van der Waals surface area contributed by atoms with E-state index in [-0.39, 0.29) is 0 Å². The van der Waals surface area contributed by atoms with E-state index in [2.05, 4.69) is 48.9 Å². The van der Waals surface area contributed by atoms with Gasteiger partial charge in [0.2, 0.25) is 0 Å². The van der Waals surface area contributed by atoms with E-state index in [0.29, 0.717) is 12.0 Å². The second kappa shape index (κ2) is 11.8. The molecule has 130 valence electrons. The molecule has 1 aromatic carbocycles. The minimum absolute atomic E-state index is 0.298. The highest BCUT2D eigenvalue weighted by molar-refractivity contribution is 5.79. The van der Waals surface area contributed by atoms with Gasteiger partial charge in [0.1, 0.15) is 0 Å². The topological polar surface area (TPSA) is 57.7 Å². The number of anilines is 1. The van der Waals surface area contributed by atoms with Gasteiger partial charge in [-0.1, -0.05) is 32.0 Å². The quantitative estimate of drug-likeness (QED) is 0.352. The molecule has 3 N–H and O–H groups in total. The van der Waals surface area contributed by atoms with Crippen LogP contribution in [0, 0.1) is 5.92 Å². The Hall–Kier alpha value is -1.75. The largest absolute Gasteiger partial charge is 0.385 e. The summed E-state index contributed by atoms with van der Waals surface area (Å²) in [5.41, 5.74) is 1.14. The summed E-state index contributed by atoms with van der Waals surface area (Å²) in [6.45, 7) is 9.72. The molecule has 0 aromatic heterocycles. The first-order valence-corrected chi connectivity index (χ1v) is 8.50. The molecule has 0 saturated heterocycles. The van der Waals surface area contributed by atoms with Crippen LogP contribution in [0.15, 0.2) is 35.3 Å². The number of guanidine groups is 1. The van der Waals surface area contributed by atoms with Gasteiger partial charge in [0.15, 0.2) is 5.96 Å². The number of hydrogen-bond donors (Lipinski definition) is 3. The van der Waals surface area contributed by atoms with E-state index < -0.39 is 0 Å².